The Labute approximate surface area is 131 Å². The monoisotopic (exact) mass is 330 g/mol. The summed E-state index contributed by atoms with van der Waals surface area (Å²) in [5.41, 5.74) is -0.0890. The molecule has 8 heteroatoms. The third-order valence-electron chi connectivity index (χ3n) is 3.87. The molecule has 2 unspecified atom stereocenters. The number of nitrogens with zero attached hydrogens (tertiary/aromatic N) is 1. The SMILES string of the molecule is CCN1CC(C(=O)NC(CO)c2cc(F)c(F)c(F)c2)CC1=O. The molecule has 0 spiro atoms. The van der Waals surface area contributed by atoms with Crippen molar-refractivity contribution in [3.8, 4) is 0 Å². The number of aliphatic hydroxyl groups excluding tert-OH is 1. The molecule has 0 radical (unpaired) electrons. The summed E-state index contributed by atoms with van der Waals surface area (Å²) in [5, 5.41) is 11.8. The fourth-order valence-electron chi connectivity index (χ4n) is 2.55. The zero-order valence-electron chi connectivity index (χ0n) is 12.5. The average molecular weight is 330 g/mol. The summed E-state index contributed by atoms with van der Waals surface area (Å²) < 4.78 is 39.5. The molecule has 0 saturated carbocycles. The second kappa shape index (κ2) is 6.99. The number of amides is 2. The van der Waals surface area contributed by atoms with E-state index < -0.39 is 41.9 Å². The molecule has 1 aliphatic rings. The number of nitrogens with one attached hydrogen (secondary N) is 1. The van der Waals surface area contributed by atoms with Crippen LogP contribution in [-0.4, -0.2) is 41.5 Å². The summed E-state index contributed by atoms with van der Waals surface area (Å²) in [6.07, 6.45) is 0.0456. The smallest absolute Gasteiger partial charge is 0.225 e. The topological polar surface area (TPSA) is 69.6 Å². The maximum absolute atomic E-state index is 13.3. The standard InChI is InChI=1S/C15H17F3N2O3/c1-2-20-6-9(5-13(20)22)15(23)19-12(7-21)8-3-10(16)14(18)11(17)4-8/h3-4,9,12,21H,2,5-7H2,1H3,(H,19,23). The Morgan fingerprint density at radius 2 is 2.00 bits per heavy atom. The Bertz CT molecular complexity index is 601. The lowest BCUT2D eigenvalue weighted by Gasteiger charge is -2.20. The highest BCUT2D eigenvalue weighted by molar-refractivity contribution is 5.89. The summed E-state index contributed by atoms with van der Waals surface area (Å²) in [6, 6.07) is 0.355. The minimum absolute atomic E-state index is 0.0456. The van der Waals surface area contributed by atoms with Crippen molar-refractivity contribution in [2.45, 2.75) is 19.4 Å². The van der Waals surface area contributed by atoms with Gasteiger partial charge in [0.1, 0.15) is 0 Å². The van der Waals surface area contributed by atoms with Crippen molar-refractivity contribution < 1.29 is 27.9 Å². The van der Waals surface area contributed by atoms with Crippen molar-refractivity contribution in [3.63, 3.8) is 0 Å². The van der Waals surface area contributed by atoms with Gasteiger partial charge < -0.3 is 15.3 Å². The van der Waals surface area contributed by atoms with Crippen LogP contribution in [0.15, 0.2) is 12.1 Å². The maximum Gasteiger partial charge on any atom is 0.225 e. The van der Waals surface area contributed by atoms with Gasteiger partial charge in [-0.15, -0.1) is 0 Å². The predicted molar refractivity (Wildman–Crippen MR) is 74.6 cm³/mol. The van der Waals surface area contributed by atoms with Gasteiger partial charge in [0.25, 0.3) is 0 Å². The van der Waals surface area contributed by atoms with Crippen molar-refractivity contribution >= 4 is 11.8 Å². The zero-order chi connectivity index (χ0) is 17.1. The van der Waals surface area contributed by atoms with Crippen LogP contribution in [0.4, 0.5) is 13.2 Å². The lowest BCUT2D eigenvalue weighted by atomic mass is 10.0. The highest BCUT2D eigenvalue weighted by atomic mass is 19.2. The average Bonchev–Trinajstić information content (AvgIpc) is 2.90. The van der Waals surface area contributed by atoms with E-state index >= 15 is 0 Å². The molecule has 2 rings (SSSR count). The number of rotatable bonds is 5. The molecule has 2 atom stereocenters. The first-order chi connectivity index (χ1) is 10.9. The molecule has 0 bridgehead atoms. The third kappa shape index (κ3) is 3.64. The first-order valence-corrected chi connectivity index (χ1v) is 7.20. The number of benzene rings is 1. The Morgan fingerprint density at radius 3 is 2.48 bits per heavy atom. The number of carbonyl (C=O) groups is 2. The molecule has 126 valence electrons. The number of likely N-dealkylation sites (tertiary alicyclic amines) is 1. The van der Waals surface area contributed by atoms with Gasteiger partial charge in [-0.3, -0.25) is 9.59 Å². The van der Waals surface area contributed by atoms with Crippen molar-refractivity contribution in [2.24, 2.45) is 5.92 Å². The van der Waals surface area contributed by atoms with Crippen molar-refractivity contribution in [3.05, 3.63) is 35.1 Å². The lowest BCUT2D eigenvalue weighted by molar-refractivity contribution is -0.129. The van der Waals surface area contributed by atoms with Crippen LogP contribution in [0.5, 0.6) is 0 Å². The van der Waals surface area contributed by atoms with Gasteiger partial charge in [0.2, 0.25) is 11.8 Å². The van der Waals surface area contributed by atoms with Crippen LogP contribution >= 0.6 is 0 Å². The van der Waals surface area contributed by atoms with Gasteiger partial charge in [0.05, 0.1) is 18.6 Å². The number of hydrogen-bond acceptors (Lipinski definition) is 3. The van der Waals surface area contributed by atoms with Crippen LogP contribution in [0, 0.1) is 23.4 Å². The Hall–Kier alpha value is -2.09. The summed E-state index contributed by atoms with van der Waals surface area (Å²) >= 11 is 0. The molecule has 1 aromatic rings. The fourth-order valence-corrected chi connectivity index (χ4v) is 2.55. The molecule has 1 aromatic carbocycles. The minimum Gasteiger partial charge on any atom is -0.394 e. The van der Waals surface area contributed by atoms with Crippen LogP contribution in [-0.2, 0) is 9.59 Å². The highest BCUT2D eigenvalue weighted by Gasteiger charge is 2.34. The summed E-state index contributed by atoms with van der Waals surface area (Å²) in [6.45, 7) is 1.92. The Balaban J connectivity index is 2.11. The van der Waals surface area contributed by atoms with Crippen LogP contribution in [0.3, 0.4) is 0 Å². The Morgan fingerprint density at radius 1 is 1.39 bits per heavy atom. The zero-order valence-corrected chi connectivity index (χ0v) is 12.5. The molecule has 1 aliphatic heterocycles. The number of hydrogen-bond donors (Lipinski definition) is 2. The van der Waals surface area contributed by atoms with E-state index in [4.69, 9.17) is 0 Å². The van der Waals surface area contributed by atoms with Crippen molar-refractivity contribution in [1.29, 1.82) is 0 Å². The lowest BCUT2D eigenvalue weighted by Crippen LogP contribution is -2.37. The minimum atomic E-state index is -1.61. The summed E-state index contributed by atoms with van der Waals surface area (Å²) in [5.74, 6) is -5.66. The molecule has 5 nitrogen and oxygen atoms in total. The molecular formula is C15H17F3N2O3. The Kier molecular flexibility index (Phi) is 5.25. The van der Waals surface area contributed by atoms with E-state index in [2.05, 4.69) is 5.32 Å². The van der Waals surface area contributed by atoms with E-state index in [1.807, 2.05) is 0 Å². The van der Waals surface area contributed by atoms with Crippen molar-refractivity contribution in [1.82, 2.24) is 10.2 Å². The van der Waals surface area contributed by atoms with Gasteiger partial charge in [0, 0.05) is 19.5 Å². The molecule has 2 N–H and O–H groups in total. The van der Waals surface area contributed by atoms with E-state index in [0.717, 1.165) is 12.1 Å². The number of aliphatic hydroxyl groups is 1. The van der Waals surface area contributed by atoms with Crippen LogP contribution in [0.2, 0.25) is 0 Å². The van der Waals surface area contributed by atoms with Crippen molar-refractivity contribution in [2.75, 3.05) is 19.7 Å². The van der Waals surface area contributed by atoms with E-state index in [1.54, 1.807) is 6.92 Å². The van der Waals surface area contributed by atoms with E-state index in [0.29, 0.717) is 6.54 Å². The van der Waals surface area contributed by atoms with Gasteiger partial charge in [0.15, 0.2) is 17.5 Å². The van der Waals surface area contributed by atoms with Gasteiger partial charge in [-0.2, -0.15) is 0 Å². The molecule has 2 amide bonds. The van der Waals surface area contributed by atoms with Crippen LogP contribution in [0.25, 0.3) is 0 Å². The predicted octanol–water partition coefficient (Wildman–Crippen LogP) is 1.12. The van der Waals surface area contributed by atoms with E-state index in [1.165, 1.54) is 4.90 Å². The van der Waals surface area contributed by atoms with Gasteiger partial charge in [-0.1, -0.05) is 0 Å². The normalized spacial score (nSPS) is 19.1. The molecule has 1 heterocycles. The van der Waals surface area contributed by atoms with E-state index in [9.17, 15) is 27.9 Å². The van der Waals surface area contributed by atoms with Crippen LogP contribution in [0.1, 0.15) is 24.9 Å². The second-order valence-corrected chi connectivity index (χ2v) is 5.38. The summed E-state index contributed by atoms with van der Waals surface area (Å²) in [4.78, 5) is 25.3. The summed E-state index contributed by atoms with van der Waals surface area (Å²) in [7, 11) is 0. The van der Waals surface area contributed by atoms with Gasteiger partial charge >= 0.3 is 0 Å². The number of halogens is 3. The first kappa shape index (κ1) is 17.3. The second-order valence-electron chi connectivity index (χ2n) is 5.38. The molecule has 0 aromatic heterocycles. The van der Waals surface area contributed by atoms with Gasteiger partial charge in [-0.05, 0) is 24.6 Å². The van der Waals surface area contributed by atoms with Gasteiger partial charge in [-0.25, -0.2) is 13.2 Å². The molecule has 0 aliphatic carbocycles. The maximum atomic E-state index is 13.3. The molecule has 1 saturated heterocycles. The largest absolute Gasteiger partial charge is 0.394 e. The first-order valence-electron chi connectivity index (χ1n) is 7.20. The van der Waals surface area contributed by atoms with E-state index in [-0.39, 0.29) is 24.4 Å². The van der Waals surface area contributed by atoms with Crippen LogP contribution < -0.4 is 5.32 Å². The quantitative estimate of drug-likeness (QED) is 0.795. The highest BCUT2D eigenvalue weighted by Crippen LogP contribution is 2.22. The number of carbonyl (C=O) groups excluding carboxylic acids is 2. The molecule has 1 fully saturated rings. The third-order valence-corrected chi connectivity index (χ3v) is 3.87. The molecular weight excluding hydrogens is 313 g/mol. The molecule has 23 heavy (non-hydrogen) atoms. The fraction of sp³-hybridized carbons (Fsp3) is 0.467.